The number of aromatic nitrogens is 5. The average molecular weight is 456 g/mol. The number of hydrogen-bond donors (Lipinski definition) is 1. The Kier molecular flexibility index (Phi) is 5.67. The van der Waals surface area contributed by atoms with Gasteiger partial charge in [0.2, 0.25) is 11.8 Å². The van der Waals surface area contributed by atoms with Gasteiger partial charge < -0.3 is 15.4 Å². The zero-order valence-corrected chi connectivity index (χ0v) is 18.8. The topological polar surface area (TPSA) is 112 Å². The number of anilines is 1. The van der Waals surface area contributed by atoms with Gasteiger partial charge in [0.15, 0.2) is 5.65 Å². The highest BCUT2D eigenvalue weighted by molar-refractivity contribution is 5.98. The third kappa shape index (κ3) is 3.96. The van der Waals surface area contributed by atoms with E-state index in [0.717, 1.165) is 18.4 Å². The quantitative estimate of drug-likeness (QED) is 0.453. The first-order valence-corrected chi connectivity index (χ1v) is 11.2. The molecule has 34 heavy (non-hydrogen) atoms. The molecule has 1 amide bonds. The molecule has 9 nitrogen and oxygen atoms in total. The Morgan fingerprint density at radius 1 is 1.15 bits per heavy atom. The van der Waals surface area contributed by atoms with Crippen molar-refractivity contribution in [3.05, 3.63) is 67.6 Å². The maximum Gasteiger partial charge on any atom is 0.246 e. The van der Waals surface area contributed by atoms with Gasteiger partial charge in [-0.05, 0) is 44.0 Å². The predicted molar refractivity (Wildman–Crippen MR) is 129 cm³/mol. The van der Waals surface area contributed by atoms with Crippen LogP contribution in [0.25, 0.3) is 22.3 Å². The Morgan fingerprint density at radius 2 is 1.97 bits per heavy atom. The number of para-hydroxylation sites is 1. The molecule has 0 spiro atoms. The van der Waals surface area contributed by atoms with Crippen molar-refractivity contribution in [3.8, 4) is 22.9 Å². The summed E-state index contributed by atoms with van der Waals surface area (Å²) < 4.78 is 7.67. The number of pyridine rings is 1. The Labute approximate surface area is 196 Å². The molecular formula is C25H25N7O2. The van der Waals surface area contributed by atoms with Crippen LogP contribution in [0.15, 0.2) is 67.6 Å². The predicted octanol–water partition coefficient (Wildman–Crippen LogP) is 4.00. The highest BCUT2D eigenvalue weighted by atomic mass is 16.5. The molecule has 0 radical (unpaired) electrons. The molecule has 1 aromatic carbocycles. The van der Waals surface area contributed by atoms with E-state index in [1.54, 1.807) is 12.3 Å². The molecule has 0 aliphatic carbocycles. The van der Waals surface area contributed by atoms with Crippen LogP contribution in [0.5, 0.6) is 11.6 Å². The van der Waals surface area contributed by atoms with Gasteiger partial charge in [0.25, 0.3) is 0 Å². The largest absolute Gasteiger partial charge is 0.439 e. The first-order valence-electron chi connectivity index (χ1n) is 11.2. The zero-order valence-electron chi connectivity index (χ0n) is 18.8. The van der Waals surface area contributed by atoms with Gasteiger partial charge in [-0.2, -0.15) is 5.10 Å². The van der Waals surface area contributed by atoms with E-state index in [4.69, 9.17) is 15.6 Å². The molecule has 1 fully saturated rings. The molecule has 4 aromatic rings. The molecule has 1 saturated heterocycles. The summed E-state index contributed by atoms with van der Waals surface area (Å²) in [7, 11) is 0. The Balaban J connectivity index is 1.50. The number of piperidine rings is 1. The lowest BCUT2D eigenvalue weighted by Crippen LogP contribution is -2.45. The molecule has 4 heterocycles. The Bertz CT molecular complexity index is 1330. The number of fused-ring (bicyclic) bond motifs is 1. The lowest BCUT2D eigenvalue weighted by atomic mass is 9.99. The van der Waals surface area contributed by atoms with Crippen molar-refractivity contribution in [1.29, 1.82) is 0 Å². The monoisotopic (exact) mass is 455 g/mol. The lowest BCUT2D eigenvalue weighted by molar-refractivity contribution is -0.130. The number of rotatable bonds is 5. The van der Waals surface area contributed by atoms with Crippen LogP contribution in [0, 0.1) is 0 Å². The van der Waals surface area contributed by atoms with Crippen LogP contribution in [-0.4, -0.2) is 48.1 Å². The van der Waals surface area contributed by atoms with Crippen LogP contribution >= 0.6 is 0 Å². The number of amides is 1. The molecule has 0 bridgehead atoms. The van der Waals surface area contributed by atoms with Crippen LogP contribution in [0.3, 0.4) is 0 Å². The van der Waals surface area contributed by atoms with E-state index in [0.29, 0.717) is 40.7 Å². The highest BCUT2D eigenvalue weighted by Gasteiger charge is 2.31. The van der Waals surface area contributed by atoms with E-state index in [2.05, 4.69) is 28.5 Å². The van der Waals surface area contributed by atoms with Crippen molar-refractivity contribution in [3.63, 3.8) is 0 Å². The van der Waals surface area contributed by atoms with Gasteiger partial charge in [-0.25, -0.2) is 19.6 Å². The summed E-state index contributed by atoms with van der Waals surface area (Å²) in [6.45, 7) is 6.21. The van der Waals surface area contributed by atoms with Crippen molar-refractivity contribution >= 4 is 22.8 Å². The first kappa shape index (κ1) is 21.6. The molecule has 0 saturated carbocycles. The molecule has 2 N–H and O–H groups in total. The van der Waals surface area contributed by atoms with Crippen molar-refractivity contribution < 1.29 is 9.53 Å². The fourth-order valence-corrected chi connectivity index (χ4v) is 4.35. The summed E-state index contributed by atoms with van der Waals surface area (Å²) in [5.74, 6) is 1.45. The van der Waals surface area contributed by atoms with Gasteiger partial charge in [0, 0.05) is 30.4 Å². The minimum Gasteiger partial charge on any atom is -0.439 e. The lowest BCUT2D eigenvalue weighted by Gasteiger charge is -2.37. The van der Waals surface area contributed by atoms with Crippen molar-refractivity contribution in [2.75, 3.05) is 12.3 Å². The maximum absolute atomic E-state index is 12.4. The van der Waals surface area contributed by atoms with Crippen LogP contribution in [-0.2, 0) is 4.79 Å². The number of nitrogens with two attached hydrogens (primary N) is 1. The number of ether oxygens (including phenoxy) is 1. The fourth-order valence-electron chi connectivity index (χ4n) is 4.35. The standard InChI is InChI=1S/C25H25N7O2/c1-3-21(33)31-14-18(11-9-16(31)2)32-25-22(24(26)28-15-29-25)23(30-32)17-10-12-20(27-13-17)34-19-7-5-4-6-8-19/h3-8,10,12-13,15-16,18H,1,9,11,14H2,2H3,(H2,26,28,29)/t16?,18-/m0/s1. The van der Waals surface area contributed by atoms with Gasteiger partial charge in [-0.1, -0.05) is 24.8 Å². The van der Waals surface area contributed by atoms with Gasteiger partial charge in [-0.15, -0.1) is 0 Å². The van der Waals surface area contributed by atoms with Crippen LogP contribution in [0.4, 0.5) is 5.82 Å². The van der Waals surface area contributed by atoms with E-state index < -0.39 is 0 Å². The number of carbonyl (C=O) groups excluding carboxylic acids is 1. The summed E-state index contributed by atoms with van der Waals surface area (Å²) in [6.07, 6.45) is 6.22. The minimum atomic E-state index is -0.0822. The SMILES string of the molecule is C=CC(=O)N1C[C@@H](n2nc(-c3ccc(Oc4ccccc4)nc3)c3c(N)ncnc32)CCC1C. The number of nitrogen functional groups attached to an aromatic ring is 1. The van der Waals surface area contributed by atoms with Gasteiger partial charge >= 0.3 is 0 Å². The normalized spacial score (nSPS) is 18.1. The van der Waals surface area contributed by atoms with E-state index in [9.17, 15) is 4.79 Å². The molecule has 5 rings (SSSR count). The number of hydrogen-bond acceptors (Lipinski definition) is 7. The third-order valence-corrected chi connectivity index (χ3v) is 6.15. The van der Waals surface area contributed by atoms with Gasteiger partial charge in [-0.3, -0.25) is 4.79 Å². The second kappa shape index (κ2) is 8.93. The number of benzene rings is 1. The van der Waals surface area contributed by atoms with E-state index in [-0.39, 0.29) is 18.0 Å². The summed E-state index contributed by atoms with van der Waals surface area (Å²) in [6, 6.07) is 13.3. The van der Waals surface area contributed by atoms with Crippen molar-refractivity contribution in [1.82, 2.24) is 29.6 Å². The van der Waals surface area contributed by atoms with Crippen molar-refractivity contribution in [2.24, 2.45) is 0 Å². The van der Waals surface area contributed by atoms with Gasteiger partial charge in [0.1, 0.15) is 23.6 Å². The summed E-state index contributed by atoms with van der Waals surface area (Å²) >= 11 is 0. The Hall–Kier alpha value is -4.27. The fraction of sp³-hybridized carbons (Fsp3) is 0.240. The third-order valence-electron chi connectivity index (χ3n) is 6.15. The number of likely N-dealkylation sites (tertiary alicyclic amines) is 1. The molecule has 1 aliphatic heterocycles. The Morgan fingerprint density at radius 3 is 2.71 bits per heavy atom. The summed E-state index contributed by atoms with van der Waals surface area (Å²) in [4.78, 5) is 27.3. The van der Waals surface area contributed by atoms with E-state index in [1.165, 1.54) is 12.4 Å². The van der Waals surface area contributed by atoms with Crippen LogP contribution in [0.1, 0.15) is 25.8 Å². The van der Waals surface area contributed by atoms with Crippen molar-refractivity contribution in [2.45, 2.75) is 31.8 Å². The molecule has 172 valence electrons. The molecule has 1 unspecified atom stereocenters. The average Bonchev–Trinajstić information content (AvgIpc) is 3.26. The molecule has 9 heteroatoms. The minimum absolute atomic E-state index is 0.0423. The molecular weight excluding hydrogens is 430 g/mol. The molecule has 3 aromatic heterocycles. The summed E-state index contributed by atoms with van der Waals surface area (Å²) in [5, 5.41) is 5.56. The molecule has 1 aliphatic rings. The maximum atomic E-state index is 12.4. The van der Waals surface area contributed by atoms with E-state index >= 15 is 0 Å². The van der Waals surface area contributed by atoms with Crippen LogP contribution < -0.4 is 10.5 Å². The summed E-state index contributed by atoms with van der Waals surface area (Å²) in [5.41, 5.74) is 8.32. The number of nitrogens with zero attached hydrogens (tertiary/aromatic N) is 6. The van der Waals surface area contributed by atoms with Crippen LogP contribution in [0.2, 0.25) is 0 Å². The highest BCUT2D eigenvalue weighted by Crippen LogP contribution is 2.35. The number of carbonyl (C=O) groups is 1. The zero-order chi connectivity index (χ0) is 23.7. The molecule has 2 atom stereocenters. The first-order chi connectivity index (χ1) is 16.5. The second-order valence-corrected chi connectivity index (χ2v) is 8.33. The smallest absolute Gasteiger partial charge is 0.246 e. The van der Waals surface area contributed by atoms with E-state index in [1.807, 2.05) is 46.0 Å². The second-order valence-electron chi connectivity index (χ2n) is 8.33. The van der Waals surface area contributed by atoms with Gasteiger partial charge in [0.05, 0.1) is 11.4 Å².